The van der Waals surface area contributed by atoms with E-state index in [9.17, 15) is 4.79 Å². The summed E-state index contributed by atoms with van der Waals surface area (Å²) in [5, 5.41) is 0.722. The molecule has 0 atom stereocenters. The molecule has 2 aromatic rings. The molecule has 28 heavy (non-hydrogen) atoms. The second-order valence-electron chi connectivity index (χ2n) is 7.65. The number of benzene rings is 1. The Morgan fingerprint density at radius 3 is 2.29 bits per heavy atom. The largest absolute Gasteiger partial charge is 0.493 e. The van der Waals surface area contributed by atoms with Crippen molar-refractivity contribution in [2.45, 2.75) is 27.2 Å². The van der Waals surface area contributed by atoms with Gasteiger partial charge in [0.15, 0.2) is 11.5 Å². The number of ether oxygens (including phenoxy) is 2. The normalized spacial score (nSPS) is 15.0. The third-order valence-electron chi connectivity index (χ3n) is 5.53. The molecule has 0 unspecified atom stereocenters. The van der Waals surface area contributed by atoms with Crippen LogP contribution in [-0.4, -0.2) is 61.2 Å². The molecular weight excluding hydrogens is 358 g/mol. The van der Waals surface area contributed by atoms with Gasteiger partial charge in [-0.1, -0.05) is 20.8 Å². The number of nitrogen functional groups attached to an aromatic ring is 1. The quantitative estimate of drug-likeness (QED) is 0.841. The fraction of sp³-hybridized carbons (Fsp3) is 0.550. The molecule has 3 rings (SSSR count). The van der Waals surface area contributed by atoms with Gasteiger partial charge < -0.3 is 25.0 Å². The number of aromatic nitrogens is 2. The van der Waals surface area contributed by atoms with Gasteiger partial charge in [0.25, 0.3) is 0 Å². The van der Waals surface area contributed by atoms with Gasteiger partial charge in [0, 0.05) is 43.0 Å². The Morgan fingerprint density at radius 2 is 1.71 bits per heavy atom. The molecule has 1 aliphatic rings. The van der Waals surface area contributed by atoms with Crippen molar-refractivity contribution in [2.75, 3.05) is 51.0 Å². The van der Waals surface area contributed by atoms with E-state index in [2.05, 4.69) is 14.9 Å². The molecule has 0 radical (unpaired) electrons. The van der Waals surface area contributed by atoms with Gasteiger partial charge in [-0.3, -0.25) is 4.79 Å². The molecule has 1 aromatic carbocycles. The van der Waals surface area contributed by atoms with Crippen molar-refractivity contribution in [3.63, 3.8) is 0 Å². The number of piperazine rings is 1. The highest BCUT2D eigenvalue weighted by Crippen LogP contribution is 2.34. The van der Waals surface area contributed by atoms with Crippen LogP contribution < -0.4 is 20.1 Å². The van der Waals surface area contributed by atoms with Gasteiger partial charge in [-0.2, -0.15) is 4.98 Å². The number of hydrogen-bond acceptors (Lipinski definition) is 7. The Kier molecular flexibility index (Phi) is 5.49. The van der Waals surface area contributed by atoms with E-state index in [-0.39, 0.29) is 11.3 Å². The van der Waals surface area contributed by atoms with Crippen molar-refractivity contribution in [2.24, 2.45) is 5.41 Å². The van der Waals surface area contributed by atoms with Crippen LogP contribution in [0.4, 0.5) is 11.8 Å². The first-order valence-electron chi connectivity index (χ1n) is 9.54. The first kappa shape index (κ1) is 20.0. The molecule has 152 valence electrons. The molecule has 8 heteroatoms. The van der Waals surface area contributed by atoms with E-state index >= 15 is 0 Å². The summed E-state index contributed by atoms with van der Waals surface area (Å²) in [5.74, 6) is 2.34. The summed E-state index contributed by atoms with van der Waals surface area (Å²) >= 11 is 0. The highest BCUT2D eigenvalue weighted by molar-refractivity contribution is 5.91. The summed E-state index contributed by atoms with van der Waals surface area (Å²) in [6.45, 7) is 8.68. The maximum Gasteiger partial charge on any atom is 0.228 e. The lowest BCUT2D eigenvalue weighted by Crippen LogP contribution is -2.52. The number of carbonyl (C=O) groups excluding carboxylic acids is 1. The molecule has 0 aliphatic carbocycles. The van der Waals surface area contributed by atoms with Crippen LogP contribution in [-0.2, 0) is 4.79 Å². The minimum Gasteiger partial charge on any atom is -0.493 e. The summed E-state index contributed by atoms with van der Waals surface area (Å²) in [5.41, 5.74) is 6.56. The zero-order valence-electron chi connectivity index (χ0n) is 17.3. The number of carbonyl (C=O) groups is 1. The summed E-state index contributed by atoms with van der Waals surface area (Å²) < 4.78 is 10.7. The van der Waals surface area contributed by atoms with Crippen LogP contribution in [0, 0.1) is 5.41 Å². The van der Waals surface area contributed by atoms with Crippen molar-refractivity contribution >= 4 is 28.6 Å². The number of amides is 1. The average molecular weight is 387 g/mol. The van der Waals surface area contributed by atoms with Gasteiger partial charge in [-0.25, -0.2) is 4.98 Å². The number of hydrogen-bond donors (Lipinski definition) is 1. The van der Waals surface area contributed by atoms with E-state index < -0.39 is 0 Å². The molecule has 1 saturated heterocycles. The monoisotopic (exact) mass is 387 g/mol. The van der Waals surface area contributed by atoms with Crippen LogP contribution in [0.25, 0.3) is 10.9 Å². The Morgan fingerprint density at radius 1 is 1.11 bits per heavy atom. The minimum absolute atomic E-state index is 0.199. The predicted molar refractivity (Wildman–Crippen MR) is 110 cm³/mol. The fourth-order valence-corrected chi connectivity index (χ4v) is 3.30. The van der Waals surface area contributed by atoms with Crippen molar-refractivity contribution < 1.29 is 14.3 Å². The van der Waals surface area contributed by atoms with Crippen molar-refractivity contribution in [1.29, 1.82) is 0 Å². The van der Waals surface area contributed by atoms with Gasteiger partial charge in [0.05, 0.1) is 19.7 Å². The number of rotatable bonds is 5. The Hall–Kier alpha value is -2.77. The summed E-state index contributed by atoms with van der Waals surface area (Å²) in [4.78, 5) is 25.8. The van der Waals surface area contributed by atoms with E-state index in [4.69, 9.17) is 15.2 Å². The molecule has 1 aliphatic heterocycles. The highest BCUT2D eigenvalue weighted by Gasteiger charge is 2.32. The number of methoxy groups -OCH3 is 2. The lowest BCUT2D eigenvalue weighted by Gasteiger charge is -2.38. The number of nitrogens with two attached hydrogens (primary N) is 1. The molecule has 0 spiro atoms. The number of nitrogens with zero attached hydrogens (tertiary/aromatic N) is 4. The summed E-state index contributed by atoms with van der Waals surface area (Å²) in [7, 11) is 3.17. The second-order valence-corrected chi connectivity index (χ2v) is 7.65. The van der Waals surface area contributed by atoms with Crippen molar-refractivity contribution in [3.05, 3.63) is 12.1 Å². The second kappa shape index (κ2) is 7.69. The third kappa shape index (κ3) is 3.63. The highest BCUT2D eigenvalue weighted by atomic mass is 16.5. The van der Waals surface area contributed by atoms with E-state index in [0.717, 1.165) is 11.8 Å². The molecule has 1 fully saturated rings. The van der Waals surface area contributed by atoms with Crippen LogP contribution >= 0.6 is 0 Å². The van der Waals surface area contributed by atoms with Gasteiger partial charge in [-0.15, -0.1) is 0 Å². The zero-order chi connectivity index (χ0) is 20.5. The van der Waals surface area contributed by atoms with Gasteiger partial charge in [0.1, 0.15) is 5.82 Å². The molecule has 1 aromatic heterocycles. The third-order valence-corrected chi connectivity index (χ3v) is 5.53. The topological polar surface area (TPSA) is 93.8 Å². The standard InChI is InChI=1S/C20H29N5O3/c1-6-20(2,3)18(26)24-7-9-25(10-8-24)19-22-14-12-16(28-5)15(27-4)11-13(14)17(21)23-19/h11-12H,6-10H2,1-5H3,(H2,21,22,23). The van der Waals surface area contributed by atoms with Crippen LogP contribution in [0.2, 0.25) is 0 Å². The van der Waals surface area contributed by atoms with Gasteiger partial charge in [-0.05, 0) is 12.5 Å². The maximum atomic E-state index is 12.7. The molecule has 8 nitrogen and oxygen atoms in total. The van der Waals surface area contributed by atoms with Crippen LogP contribution in [0.1, 0.15) is 27.2 Å². The molecular formula is C20H29N5O3. The lowest BCUT2D eigenvalue weighted by molar-refractivity contribution is -0.140. The Bertz CT molecular complexity index is 876. The smallest absolute Gasteiger partial charge is 0.228 e. The lowest BCUT2D eigenvalue weighted by atomic mass is 9.88. The van der Waals surface area contributed by atoms with Crippen molar-refractivity contribution in [3.8, 4) is 11.5 Å². The number of fused-ring (bicyclic) bond motifs is 1. The summed E-state index contributed by atoms with van der Waals surface area (Å²) in [6.07, 6.45) is 0.821. The van der Waals surface area contributed by atoms with Crippen LogP contribution in [0.3, 0.4) is 0 Å². The zero-order valence-corrected chi connectivity index (χ0v) is 17.3. The molecule has 0 bridgehead atoms. The Balaban J connectivity index is 1.82. The molecule has 2 N–H and O–H groups in total. The van der Waals surface area contributed by atoms with Gasteiger partial charge >= 0.3 is 0 Å². The average Bonchev–Trinajstić information content (AvgIpc) is 2.72. The minimum atomic E-state index is -0.332. The van der Waals surface area contributed by atoms with Crippen molar-refractivity contribution in [1.82, 2.24) is 14.9 Å². The SMILES string of the molecule is CCC(C)(C)C(=O)N1CCN(c2nc(N)c3cc(OC)c(OC)cc3n2)CC1. The summed E-state index contributed by atoms with van der Waals surface area (Å²) in [6, 6.07) is 3.59. The van der Waals surface area contributed by atoms with E-state index in [0.29, 0.717) is 55.0 Å². The number of anilines is 2. The Labute approximate surface area is 165 Å². The first-order valence-corrected chi connectivity index (χ1v) is 9.54. The van der Waals surface area contributed by atoms with E-state index in [1.165, 1.54) is 0 Å². The van der Waals surface area contributed by atoms with E-state index in [1.54, 1.807) is 26.4 Å². The molecule has 0 saturated carbocycles. The first-order chi connectivity index (χ1) is 13.3. The molecule has 2 heterocycles. The van der Waals surface area contributed by atoms with Crippen LogP contribution in [0.15, 0.2) is 12.1 Å². The van der Waals surface area contributed by atoms with Gasteiger partial charge in [0.2, 0.25) is 11.9 Å². The van der Waals surface area contributed by atoms with E-state index in [1.807, 2.05) is 25.7 Å². The predicted octanol–water partition coefficient (Wildman–Crippen LogP) is 2.31. The molecule has 1 amide bonds. The fourth-order valence-electron chi connectivity index (χ4n) is 3.30. The van der Waals surface area contributed by atoms with Crippen LogP contribution in [0.5, 0.6) is 11.5 Å². The maximum absolute atomic E-state index is 12.7.